The highest BCUT2D eigenvalue weighted by Crippen LogP contribution is 2.26. The molecule has 0 atom stereocenters. The maximum Gasteiger partial charge on any atom is 0.138 e. The first kappa shape index (κ1) is 18.3. The van der Waals surface area contributed by atoms with E-state index >= 15 is 0 Å². The van der Waals surface area contributed by atoms with E-state index < -0.39 is 0 Å². The molecule has 1 aromatic heterocycles. The van der Waals surface area contributed by atoms with Gasteiger partial charge in [-0.15, -0.1) is 0 Å². The minimum absolute atomic E-state index is 0.802. The molecule has 0 N–H and O–H groups in total. The number of benzene rings is 2. The monoisotopic (exact) mass is 373 g/mol. The second-order valence-electron chi connectivity index (χ2n) is 7.34. The van der Waals surface area contributed by atoms with Crippen LogP contribution in [-0.2, 0) is 0 Å². The highest BCUT2D eigenvalue weighted by atomic mass is 15.3. The molecule has 2 aromatic carbocycles. The second-order valence-corrected chi connectivity index (χ2v) is 7.34. The summed E-state index contributed by atoms with van der Waals surface area (Å²) in [6.07, 6.45) is 0. The molecule has 1 aliphatic rings. The molecule has 0 aliphatic carbocycles. The number of para-hydroxylation sites is 1. The molecule has 0 spiro atoms. The minimum Gasteiger partial charge on any atom is -0.368 e. The van der Waals surface area contributed by atoms with E-state index in [1.165, 1.54) is 11.3 Å². The van der Waals surface area contributed by atoms with Crippen molar-refractivity contribution in [1.29, 1.82) is 0 Å². The van der Waals surface area contributed by atoms with E-state index in [4.69, 9.17) is 4.98 Å². The molecular formula is C23H27N5. The third kappa shape index (κ3) is 3.93. The molecule has 144 valence electrons. The van der Waals surface area contributed by atoms with Gasteiger partial charge in [0.2, 0.25) is 0 Å². The third-order valence-corrected chi connectivity index (χ3v) is 5.27. The maximum atomic E-state index is 4.72. The maximum absolute atomic E-state index is 4.72. The summed E-state index contributed by atoms with van der Waals surface area (Å²) in [5.74, 6) is 2.74. The Kier molecular flexibility index (Phi) is 5.15. The summed E-state index contributed by atoms with van der Waals surface area (Å²) in [4.78, 5) is 16.3. The predicted molar refractivity (Wildman–Crippen MR) is 117 cm³/mol. The summed E-state index contributed by atoms with van der Waals surface area (Å²) in [7, 11) is 2.05. The highest BCUT2D eigenvalue weighted by molar-refractivity contribution is 5.62. The lowest BCUT2D eigenvalue weighted by Gasteiger charge is -2.37. The van der Waals surface area contributed by atoms with Gasteiger partial charge in [0.05, 0.1) is 0 Å². The lowest BCUT2D eigenvalue weighted by Crippen LogP contribution is -2.47. The van der Waals surface area contributed by atoms with Gasteiger partial charge in [0.1, 0.15) is 17.5 Å². The van der Waals surface area contributed by atoms with Crippen LogP contribution in [0.4, 0.5) is 23.0 Å². The van der Waals surface area contributed by atoms with Crippen molar-refractivity contribution in [3.63, 3.8) is 0 Å². The van der Waals surface area contributed by atoms with Crippen molar-refractivity contribution >= 4 is 23.0 Å². The third-order valence-electron chi connectivity index (χ3n) is 5.27. The van der Waals surface area contributed by atoms with Crippen LogP contribution in [0, 0.1) is 13.8 Å². The van der Waals surface area contributed by atoms with Gasteiger partial charge in [0.25, 0.3) is 0 Å². The second kappa shape index (κ2) is 7.89. The molecule has 5 heteroatoms. The topological polar surface area (TPSA) is 35.5 Å². The number of aromatic nitrogens is 2. The fourth-order valence-electron chi connectivity index (χ4n) is 3.67. The van der Waals surface area contributed by atoms with Crippen LogP contribution < -0.4 is 14.7 Å². The lowest BCUT2D eigenvalue weighted by molar-refractivity contribution is 0.645. The van der Waals surface area contributed by atoms with Crippen LogP contribution in [0.5, 0.6) is 0 Å². The van der Waals surface area contributed by atoms with E-state index in [9.17, 15) is 0 Å². The molecular weight excluding hydrogens is 346 g/mol. The molecule has 4 rings (SSSR count). The van der Waals surface area contributed by atoms with Crippen molar-refractivity contribution < 1.29 is 0 Å². The number of anilines is 4. The summed E-state index contributed by atoms with van der Waals surface area (Å²) < 4.78 is 0. The Morgan fingerprint density at radius 2 is 1.50 bits per heavy atom. The molecule has 0 amide bonds. The van der Waals surface area contributed by atoms with E-state index in [-0.39, 0.29) is 0 Å². The number of nitrogens with zero attached hydrogens (tertiary/aromatic N) is 5. The molecule has 0 unspecified atom stereocenters. The van der Waals surface area contributed by atoms with Crippen LogP contribution in [0.3, 0.4) is 0 Å². The Bertz CT molecular complexity index is 933. The Morgan fingerprint density at radius 3 is 2.21 bits per heavy atom. The molecule has 2 heterocycles. The van der Waals surface area contributed by atoms with Gasteiger partial charge in [-0.1, -0.05) is 30.3 Å². The summed E-state index contributed by atoms with van der Waals surface area (Å²) in [5, 5.41) is 0. The van der Waals surface area contributed by atoms with Crippen LogP contribution in [0.1, 0.15) is 11.4 Å². The number of hydrogen-bond donors (Lipinski definition) is 0. The van der Waals surface area contributed by atoms with Crippen LogP contribution in [0.2, 0.25) is 0 Å². The predicted octanol–water partition coefficient (Wildman–Crippen LogP) is 4.19. The van der Waals surface area contributed by atoms with E-state index in [0.29, 0.717) is 0 Å². The van der Waals surface area contributed by atoms with Crippen molar-refractivity contribution in [2.75, 3.05) is 47.9 Å². The van der Waals surface area contributed by atoms with Crippen LogP contribution in [0.25, 0.3) is 0 Å². The van der Waals surface area contributed by atoms with Crippen LogP contribution in [0.15, 0.2) is 60.7 Å². The Morgan fingerprint density at radius 1 is 0.786 bits per heavy atom. The van der Waals surface area contributed by atoms with E-state index in [0.717, 1.165) is 49.3 Å². The smallest absolute Gasteiger partial charge is 0.138 e. The minimum atomic E-state index is 0.802. The van der Waals surface area contributed by atoms with E-state index in [2.05, 4.69) is 76.1 Å². The van der Waals surface area contributed by atoms with Gasteiger partial charge >= 0.3 is 0 Å². The molecule has 0 bridgehead atoms. The Balaban J connectivity index is 1.50. The highest BCUT2D eigenvalue weighted by Gasteiger charge is 2.20. The average molecular weight is 374 g/mol. The van der Waals surface area contributed by atoms with Crippen LogP contribution >= 0.6 is 0 Å². The molecule has 0 radical (unpaired) electrons. The van der Waals surface area contributed by atoms with Gasteiger partial charge in [0.15, 0.2) is 0 Å². The normalized spacial score (nSPS) is 14.2. The fourth-order valence-corrected chi connectivity index (χ4v) is 3.67. The zero-order valence-electron chi connectivity index (χ0n) is 16.8. The molecule has 28 heavy (non-hydrogen) atoms. The lowest BCUT2D eigenvalue weighted by atomic mass is 10.2. The zero-order valence-corrected chi connectivity index (χ0v) is 16.8. The number of rotatable bonds is 4. The number of aryl methyl sites for hydroxylation is 2. The summed E-state index contributed by atoms with van der Waals surface area (Å²) in [6.45, 7) is 8.02. The van der Waals surface area contributed by atoms with Crippen molar-refractivity contribution in [2.24, 2.45) is 0 Å². The molecule has 3 aromatic rings. The summed E-state index contributed by atoms with van der Waals surface area (Å²) >= 11 is 0. The summed E-state index contributed by atoms with van der Waals surface area (Å²) in [5.41, 5.74) is 3.73. The van der Waals surface area contributed by atoms with Gasteiger partial charge in [-0.05, 0) is 43.7 Å². The Hall–Kier alpha value is -3.08. The molecule has 0 saturated carbocycles. The zero-order chi connectivity index (χ0) is 19.5. The van der Waals surface area contributed by atoms with Gasteiger partial charge in [-0.3, -0.25) is 0 Å². The fraction of sp³-hybridized carbons (Fsp3) is 0.304. The van der Waals surface area contributed by atoms with Crippen molar-refractivity contribution in [3.8, 4) is 0 Å². The standard InChI is InChI=1S/C23H27N5/c1-18-8-7-11-21(16-18)27-12-14-28(15-13-27)23-17-22(24-19(2)25-23)26(3)20-9-5-4-6-10-20/h4-11,16-17H,12-15H2,1-3H3. The number of piperazine rings is 1. The van der Waals surface area contributed by atoms with Crippen molar-refractivity contribution in [3.05, 3.63) is 72.1 Å². The average Bonchev–Trinajstić information content (AvgIpc) is 2.73. The molecule has 1 saturated heterocycles. The summed E-state index contributed by atoms with van der Waals surface area (Å²) in [6, 6.07) is 21.2. The first-order valence-electron chi connectivity index (χ1n) is 9.81. The van der Waals surface area contributed by atoms with Crippen molar-refractivity contribution in [2.45, 2.75) is 13.8 Å². The van der Waals surface area contributed by atoms with Crippen LogP contribution in [-0.4, -0.2) is 43.2 Å². The first-order chi connectivity index (χ1) is 13.6. The van der Waals surface area contributed by atoms with Gasteiger partial charge in [-0.2, -0.15) is 0 Å². The largest absolute Gasteiger partial charge is 0.368 e. The molecule has 1 fully saturated rings. The van der Waals surface area contributed by atoms with Crippen molar-refractivity contribution in [1.82, 2.24) is 9.97 Å². The quantitative estimate of drug-likeness (QED) is 0.685. The van der Waals surface area contributed by atoms with Gasteiger partial charge in [-0.25, -0.2) is 9.97 Å². The molecule has 1 aliphatic heterocycles. The Labute approximate surface area is 167 Å². The first-order valence-corrected chi connectivity index (χ1v) is 9.81. The van der Waals surface area contributed by atoms with E-state index in [1.807, 2.05) is 25.1 Å². The number of hydrogen-bond acceptors (Lipinski definition) is 5. The molecule has 5 nitrogen and oxygen atoms in total. The van der Waals surface area contributed by atoms with E-state index in [1.54, 1.807) is 0 Å². The van der Waals surface area contributed by atoms with Gasteiger partial charge in [0, 0.05) is 50.7 Å². The van der Waals surface area contributed by atoms with Gasteiger partial charge < -0.3 is 14.7 Å². The SMILES string of the molecule is Cc1cccc(N2CCN(c3cc(N(C)c4ccccc4)nc(C)n3)CC2)c1.